The maximum Gasteiger partial charge on any atom is 0.254 e. The summed E-state index contributed by atoms with van der Waals surface area (Å²) in [6.07, 6.45) is 1.47. The molecule has 7 nitrogen and oxygen atoms in total. The maximum atomic E-state index is 12.8. The Labute approximate surface area is 154 Å². The smallest absolute Gasteiger partial charge is 0.254 e. The number of carbonyl (C=O) groups excluding carboxylic acids is 3. The molecule has 2 amide bonds. The van der Waals surface area contributed by atoms with Crippen molar-refractivity contribution in [1.29, 1.82) is 0 Å². The van der Waals surface area contributed by atoms with E-state index in [4.69, 9.17) is 0 Å². The summed E-state index contributed by atoms with van der Waals surface area (Å²) in [5.41, 5.74) is 1.80. The average molecular weight is 372 g/mol. The Hall–Kier alpha value is -2.74. The molecule has 1 aromatic carbocycles. The minimum atomic E-state index is -1.23. The predicted molar refractivity (Wildman–Crippen MR) is 94.7 cm³/mol. The van der Waals surface area contributed by atoms with Gasteiger partial charge < -0.3 is 20.1 Å². The van der Waals surface area contributed by atoms with Crippen LogP contribution in [0, 0.1) is 6.92 Å². The molecule has 0 unspecified atom stereocenters. The highest BCUT2D eigenvalue weighted by Gasteiger charge is 2.34. The minimum Gasteiger partial charge on any atom is -0.550 e. The third kappa shape index (κ3) is 4.45. The van der Waals surface area contributed by atoms with Gasteiger partial charge in [0.1, 0.15) is 6.54 Å². The van der Waals surface area contributed by atoms with Crippen LogP contribution in [0.25, 0.3) is 0 Å². The molecule has 1 saturated carbocycles. The topological polar surface area (TPSA) is 102 Å². The van der Waals surface area contributed by atoms with Crippen molar-refractivity contribution in [2.24, 2.45) is 0 Å². The third-order valence-electron chi connectivity index (χ3n) is 4.06. The largest absolute Gasteiger partial charge is 0.550 e. The van der Waals surface area contributed by atoms with E-state index in [2.05, 4.69) is 10.3 Å². The molecule has 3 rings (SSSR count). The second-order valence-electron chi connectivity index (χ2n) is 6.22. The van der Waals surface area contributed by atoms with Crippen molar-refractivity contribution in [3.8, 4) is 0 Å². The van der Waals surface area contributed by atoms with Gasteiger partial charge in [-0.15, -0.1) is 11.3 Å². The summed E-state index contributed by atoms with van der Waals surface area (Å²) in [6, 6.07) is 7.38. The zero-order chi connectivity index (χ0) is 18.7. The second kappa shape index (κ2) is 7.65. The number of carbonyl (C=O) groups is 3. The second-order valence-corrected chi connectivity index (χ2v) is 7.08. The maximum absolute atomic E-state index is 12.8. The van der Waals surface area contributed by atoms with Crippen LogP contribution in [-0.2, 0) is 16.0 Å². The van der Waals surface area contributed by atoms with Crippen LogP contribution in [0.15, 0.2) is 29.6 Å². The quantitative estimate of drug-likeness (QED) is 0.781. The van der Waals surface area contributed by atoms with E-state index in [1.807, 2.05) is 19.1 Å². The number of carboxylic acid groups (broad SMARTS) is 1. The van der Waals surface area contributed by atoms with Crippen molar-refractivity contribution < 1.29 is 19.5 Å². The predicted octanol–water partition coefficient (Wildman–Crippen LogP) is 0.987. The number of benzene rings is 1. The molecule has 1 fully saturated rings. The number of aliphatic carboxylic acids is 1. The van der Waals surface area contributed by atoms with Crippen molar-refractivity contribution in [2.45, 2.75) is 32.2 Å². The van der Waals surface area contributed by atoms with E-state index in [-0.39, 0.29) is 30.8 Å². The zero-order valence-electron chi connectivity index (χ0n) is 14.2. The number of amides is 2. The van der Waals surface area contributed by atoms with Crippen LogP contribution in [0.3, 0.4) is 0 Å². The van der Waals surface area contributed by atoms with Crippen LogP contribution in [0.2, 0.25) is 0 Å². The van der Waals surface area contributed by atoms with Gasteiger partial charge in [-0.05, 0) is 31.4 Å². The van der Waals surface area contributed by atoms with Gasteiger partial charge in [0.2, 0.25) is 5.91 Å². The Kier molecular flexibility index (Phi) is 5.32. The van der Waals surface area contributed by atoms with Crippen molar-refractivity contribution >= 4 is 34.3 Å². The van der Waals surface area contributed by atoms with E-state index in [9.17, 15) is 19.5 Å². The first-order valence-electron chi connectivity index (χ1n) is 8.24. The standard InChI is InChI=1S/C18H19N3O4S/c1-11-4-2-3-5-14(11)17(25)21(13-6-7-13)9-15(22)20-18-19-12(10-26-18)8-16(23)24/h2-5,10,13H,6-9H2,1H3,(H,23,24)(H,19,20,22)/p-1. The Morgan fingerprint density at radius 2 is 2.04 bits per heavy atom. The summed E-state index contributed by atoms with van der Waals surface area (Å²) < 4.78 is 0. The minimum absolute atomic E-state index is 0.0623. The SMILES string of the molecule is Cc1ccccc1C(=O)N(CC(=O)Nc1nc(CC(=O)[O-])cs1)C1CC1. The van der Waals surface area contributed by atoms with Crippen LogP contribution >= 0.6 is 11.3 Å². The third-order valence-corrected chi connectivity index (χ3v) is 4.87. The van der Waals surface area contributed by atoms with Crippen molar-refractivity contribution in [1.82, 2.24) is 9.88 Å². The van der Waals surface area contributed by atoms with Gasteiger partial charge in [0, 0.05) is 29.4 Å². The van der Waals surface area contributed by atoms with Crippen LogP contribution in [0.4, 0.5) is 5.13 Å². The molecule has 136 valence electrons. The average Bonchev–Trinajstić information content (AvgIpc) is 3.34. The van der Waals surface area contributed by atoms with Gasteiger partial charge in [-0.2, -0.15) is 0 Å². The molecule has 0 bridgehead atoms. The Bertz CT molecular complexity index is 844. The highest BCUT2D eigenvalue weighted by molar-refractivity contribution is 7.13. The lowest BCUT2D eigenvalue weighted by Crippen LogP contribution is -2.39. The molecule has 8 heteroatoms. The molecular formula is C18H18N3O4S-. The van der Waals surface area contributed by atoms with E-state index >= 15 is 0 Å². The lowest BCUT2D eigenvalue weighted by molar-refractivity contribution is -0.304. The normalized spacial score (nSPS) is 13.3. The number of anilines is 1. The molecular weight excluding hydrogens is 354 g/mol. The molecule has 1 aromatic heterocycles. The molecule has 0 saturated heterocycles. The van der Waals surface area contributed by atoms with Gasteiger partial charge in [-0.25, -0.2) is 4.98 Å². The summed E-state index contributed by atoms with van der Waals surface area (Å²) in [5.74, 6) is -1.73. The number of thiazole rings is 1. The number of rotatable bonds is 7. The molecule has 1 N–H and O–H groups in total. The fourth-order valence-corrected chi connectivity index (χ4v) is 3.35. The Morgan fingerprint density at radius 3 is 2.69 bits per heavy atom. The number of aromatic nitrogens is 1. The number of hydrogen-bond donors (Lipinski definition) is 1. The van der Waals surface area contributed by atoms with Gasteiger partial charge >= 0.3 is 0 Å². The lowest BCUT2D eigenvalue weighted by Gasteiger charge is -2.22. The Morgan fingerprint density at radius 1 is 1.31 bits per heavy atom. The molecule has 2 aromatic rings. The zero-order valence-corrected chi connectivity index (χ0v) is 15.0. The molecule has 1 heterocycles. The molecule has 0 aliphatic heterocycles. The number of nitrogens with zero attached hydrogens (tertiary/aromatic N) is 2. The summed E-state index contributed by atoms with van der Waals surface area (Å²) in [4.78, 5) is 41.4. The fourth-order valence-electron chi connectivity index (χ4n) is 2.63. The van der Waals surface area contributed by atoms with Gasteiger partial charge in [0.05, 0.1) is 5.69 Å². The van der Waals surface area contributed by atoms with Crippen LogP contribution in [0.5, 0.6) is 0 Å². The first-order valence-corrected chi connectivity index (χ1v) is 9.12. The number of aryl methyl sites for hydroxylation is 1. The van der Waals surface area contributed by atoms with Crippen molar-refractivity contribution in [3.63, 3.8) is 0 Å². The van der Waals surface area contributed by atoms with Gasteiger partial charge in [-0.1, -0.05) is 18.2 Å². The van der Waals surface area contributed by atoms with E-state index in [0.29, 0.717) is 16.4 Å². The van der Waals surface area contributed by atoms with E-state index in [0.717, 1.165) is 29.7 Å². The van der Waals surface area contributed by atoms with Crippen LogP contribution in [-0.4, -0.2) is 40.3 Å². The monoisotopic (exact) mass is 372 g/mol. The van der Waals surface area contributed by atoms with E-state index < -0.39 is 5.97 Å². The molecule has 0 radical (unpaired) electrons. The number of nitrogens with one attached hydrogen (secondary N) is 1. The van der Waals surface area contributed by atoms with Gasteiger partial charge in [0.15, 0.2) is 5.13 Å². The van der Waals surface area contributed by atoms with Gasteiger partial charge in [0.25, 0.3) is 5.91 Å². The van der Waals surface area contributed by atoms with E-state index in [1.165, 1.54) is 0 Å². The first-order chi connectivity index (χ1) is 12.4. The van der Waals surface area contributed by atoms with Crippen LogP contribution < -0.4 is 10.4 Å². The highest BCUT2D eigenvalue weighted by atomic mass is 32.1. The molecule has 1 aliphatic carbocycles. The fraction of sp³-hybridized carbons (Fsp3) is 0.333. The molecule has 26 heavy (non-hydrogen) atoms. The molecule has 1 aliphatic rings. The first kappa shape index (κ1) is 18.1. The lowest BCUT2D eigenvalue weighted by atomic mass is 10.1. The van der Waals surface area contributed by atoms with Crippen LogP contribution in [0.1, 0.15) is 34.5 Å². The summed E-state index contributed by atoms with van der Waals surface area (Å²) in [5, 5.41) is 15.1. The summed E-state index contributed by atoms with van der Waals surface area (Å²) in [7, 11) is 0. The molecule has 0 spiro atoms. The van der Waals surface area contributed by atoms with Crippen molar-refractivity contribution in [3.05, 3.63) is 46.5 Å². The highest BCUT2D eigenvalue weighted by Crippen LogP contribution is 2.29. The van der Waals surface area contributed by atoms with Crippen molar-refractivity contribution in [2.75, 3.05) is 11.9 Å². The van der Waals surface area contributed by atoms with E-state index in [1.54, 1.807) is 22.4 Å². The summed E-state index contributed by atoms with van der Waals surface area (Å²) >= 11 is 1.14. The van der Waals surface area contributed by atoms with Gasteiger partial charge in [-0.3, -0.25) is 9.59 Å². The number of carboxylic acids is 1. The Balaban J connectivity index is 1.66. The summed E-state index contributed by atoms with van der Waals surface area (Å²) in [6.45, 7) is 1.81. The number of hydrogen-bond acceptors (Lipinski definition) is 6. The molecule has 0 atom stereocenters.